The molecule has 0 aromatic heterocycles. The van der Waals surface area contributed by atoms with Crippen molar-refractivity contribution in [2.24, 2.45) is 5.73 Å². The molecule has 0 saturated heterocycles. The molecule has 0 aliphatic rings. The second-order valence-corrected chi connectivity index (χ2v) is 4.06. The maximum absolute atomic E-state index is 5.73. The molecular weight excluding hydrogens is 214 g/mol. The van der Waals surface area contributed by atoms with Gasteiger partial charge >= 0.3 is 0 Å². The van der Waals surface area contributed by atoms with Crippen molar-refractivity contribution in [3.63, 3.8) is 0 Å². The van der Waals surface area contributed by atoms with Crippen LogP contribution < -0.4 is 5.73 Å². The number of nitrogens with two attached hydrogens (primary N) is 1. The fourth-order valence-corrected chi connectivity index (χ4v) is 1.63. The van der Waals surface area contributed by atoms with Gasteiger partial charge in [0.15, 0.2) is 0 Å². The molecule has 0 aliphatic carbocycles. The Morgan fingerprint density at radius 2 is 2.17 bits per heavy atom. The lowest BCUT2D eigenvalue weighted by Crippen LogP contribution is -2.18. The molecule has 0 heterocycles. The van der Waals surface area contributed by atoms with Gasteiger partial charge in [-0.05, 0) is 37.5 Å². The molecule has 0 spiro atoms. The highest BCUT2D eigenvalue weighted by atomic mass is 79.9. The van der Waals surface area contributed by atoms with Gasteiger partial charge in [0, 0.05) is 10.5 Å². The largest absolute Gasteiger partial charge is 0.328 e. The molecular formula is C10H14BrN. The maximum atomic E-state index is 5.73. The average molecular weight is 228 g/mol. The monoisotopic (exact) mass is 227 g/mol. The van der Waals surface area contributed by atoms with Crippen molar-refractivity contribution in [2.75, 3.05) is 0 Å². The molecule has 0 saturated carbocycles. The number of hydrogen-bond donors (Lipinski definition) is 1. The first kappa shape index (κ1) is 9.75. The first-order chi connectivity index (χ1) is 5.61. The van der Waals surface area contributed by atoms with E-state index in [1.165, 1.54) is 15.6 Å². The van der Waals surface area contributed by atoms with E-state index >= 15 is 0 Å². The van der Waals surface area contributed by atoms with Crippen molar-refractivity contribution in [3.05, 3.63) is 33.8 Å². The Balaban J connectivity index is 2.92. The molecule has 2 heteroatoms. The van der Waals surface area contributed by atoms with Gasteiger partial charge in [-0.15, -0.1) is 0 Å². The molecule has 1 rings (SSSR count). The Morgan fingerprint density at radius 1 is 1.50 bits per heavy atom. The minimum absolute atomic E-state index is 0.234. The van der Waals surface area contributed by atoms with Crippen LogP contribution >= 0.6 is 15.9 Å². The first-order valence-electron chi connectivity index (χ1n) is 4.11. The minimum Gasteiger partial charge on any atom is -0.328 e. The predicted molar refractivity (Wildman–Crippen MR) is 56.2 cm³/mol. The summed E-state index contributed by atoms with van der Waals surface area (Å²) in [7, 11) is 0. The third-order valence-electron chi connectivity index (χ3n) is 1.92. The molecule has 1 unspecified atom stereocenters. The number of benzene rings is 1. The second-order valence-electron chi connectivity index (χ2n) is 3.21. The standard InChI is InChI=1S/C10H14BrN/c1-7(12)6-9-4-3-5-10(11)8(9)2/h3-5,7H,6,12H2,1-2H3. The topological polar surface area (TPSA) is 26.0 Å². The third-order valence-corrected chi connectivity index (χ3v) is 2.78. The highest BCUT2D eigenvalue weighted by Gasteiger charge is 2.03. The molecule has 12 heavy (non-hydrogen) atoms. The van der Waals surface area contributed by atoms with Gasteiger partial charge in [0.1, 0.15) is 0 Å². The van der Waals surface area contributed by atoms with Gasteiger partial charge in [-0.1, -0.05) is 28.1 Å². The van der Waals surface area contributed by atoms with Crippen LogP contribution in [0.15, 0.2) is 22.7 Å². The Morgan fingerprint density at radius 3 is 2.75 bits per heavy atom. The van der Waals surface area contributed by atoms with E-state index in [2.05, 4.69) is 41.1 Å². The van der Waals surface area contributed by atoms with E-state index < -0.39 is 0 Å². The number of hydrogen-bond acceptors (Lipinski definition) is 1. The Hall–Kier alpha value is -0.340. The predicted octanol–water partition coefficient (Wildman–Crippen LogP) is 2.65. The van der Waals surface area contributed by atoms with Gasteiger partial charge in [0.05, 0.1) is 0 Å². The van der Waals surface area contributed by atoms with Crippen LogP contribution in [0.5, 0.6) is 0 Å². The molecule has 1 aromatic carbocycles. The summed E-state index contributed by atoms with van der Waals surface area (Å²) in [6, 6.07) is 6.47. The lowest BCUT2D eigenvalue weighted by molar-refractivity contribution is 0.734. The molecule has 2 N–H and O–H groups in total. The van der Waals surface area contributed by atoms with Gasteiger partial charge in [-0.2, -0.15) is 0 Å². The van der Waals surface area contributed by atoms with Crippen molar-refractivity contribution in [1.82, 2.24) is 0 Å². The van der Waals surface area contributed by atoms with Crippen molar-refractivity contribution in [3.8, 4) is 0 Å². The SMILES string of the molecule is Cc1c(Br)cccc1CC(C)N. The van der Waals surface area contributed by atoms with Crippen LogP contribution in [-0.2, 0) is 6.42 Å². The molecule has 1 nitrogen and oxygen atoms in total. The molecule has 66 valence electrons. The molecule has 1 atom stereocenters. The summed E-state index contributed by atoms with van der Waals surface area (Å²) >= 11 is 3.50. The number of halogens is 1. The average Bonchev–Trinajstić information content (AvgIpc) is 1.98. The van der Waals surface area contributed by atoms with Crippen LogP contribution in [0.1, 0.15) is 18.1 Å². The normalized spacial score (nSPS) is 13.0. The molecule has 1 aromatic rings. The van der Waals surface area contributed by atoms with E-state index in [0.717, 1.165) is 6.42 Å². The summed E-state index contributed by atoms with van der Waals surface area (Å²) in [6.45, 7) is 4.14. The van der Waals surface area contributed by atoms with Gasteiger partial charge in [0.25, 0.3) is 0 Å². The maximum Gasteiger partial charge on any atom is 0.0207 e. The van der Waals surface area contributed by atoms with E-state index in [1.807, 2.05) is 6.92 Å². The zero-order chi connectivity index (χ0) is 9.14. The minimum atomic E-state index is 0.234. The quantitative estimate of drug-likeness (QED) is 0.827. The van der Waals surface area contributed by atoms with Crippen LogP contribution in [0.2, 0.25) is 0 Å². The summed E-state index contributed by atoms with van der Waals surface area (Å²) in [5, 5.41) is 0. The van der Waals surface area contributed by atoms with Gasteiger partial charge in [-0.25, -0.2) is 0 Å². The summed E-state index contributed by atoms with van der Waals surface area (Å²) in [4.78, 5) is 0. The van der Waals surface area contributed by atoms with E-state index in [0.29, 0.717) is 0 Å². The van der Waals surface area contributed by atoms with E-state index in [4.69, 9.17) is 5.73 Å². The van der Waals surface area contributed by atoms with Crippen LogP contribution in [0.4, 0.5) is 0 Å². The fourth-order valence-electron chi connectivity index (χ4n) is 1.22. The summed E-state index contributed by atoms with van der Waals surface area (Å²) in [5.74, 6) is 0. The first-order valence-corrected chi connectivity index (χ1v) is 4.90. The lowest BCUT2D eigenvalue weighted by atomic mass is 10.0. The fraction of sp³-hybridized carbons (Fsp3) is 0.400. The Kier molecular flexibility index (Phi) is 3.29. The van der Waals surface area contributed by atoms with Crippen LogP contribution in [0.3, 0.4) is 0 Å². The third kappa shape index (κ3) is 2.32. The summed E-state index contributed by atoms with van der Waals surface area (Å²) in [5.41, 5.74) is 8.36. The highest BCUT2D eigenvalue weighted by molar-refractivity contribution is 9.10. The van der Waals surface area contributed by atoms with Crippen molar-refractivity contribution >= 4 is 15.9 Å². The summed E-state index contributed by atoms with van der Waals surface area (Å²) in [6.07, 6.45) is 0.950. The number of rotatable bonds is 2. The molecule has 0 radical (unpaired) electrons. The lowest BCUT2D eigenvalue weighted by Gasteiger charge is -2.09. The van der Waals surface area contributed by atoms with Crippen LogP contribution in [0.25, 0.3) is 0 Å². The molecule has 0 fully saturated rings. The smallest absolute Gasteiger partial charge is 0.0207 e. The Bertz CT molecular complexity index is 269. The zero-order valence-electron chi connectivity index (χ0n) is 7.47. The van der Waals surface area contributed by atoms with Crippen molar-refractivity contribution < 1.29 is 0 Å². The summed E-state index contributed by atoms with van der Waals surface area (Å²) < 4.78 is 1.17. The van der Waals surface area contributed by atoms with E-state index in [-0.39, 0.29) is 6.04 Å². The van der Waals surface area contributed by atoms with Gasteiger partial charge in [0.2, 0.25) is 0 Å². The zero-order valence-corrected chi connectivity index (χ0v) is 9.06. The molecule has 0 aliphatic heterocycles. The Labute approximate surface area is 82.1 Å². The molecule has 0 amide bonds. The molecule has 0 bridgehead atoms. The van der Waals surface area contributed by atoms with E-state index in [9.17, 15) is 0 Å². The highest BCUT2D eigenvalue weighted by Crippen LogP contribution is 2.19. The second kappa shape index (κ2) is 4.06. The van der Waals surface area contributed by atoms with Crippen molar-refractivity contribution in [2.45, 2.75) is 26.3 Å². The van der Waals surface area contributed by atoms with Crippen molar-refractivity contribution in [1.29, 1.82) is 0 Å². The van der Waals surface area contributed by atoms with Crippen LogP contribution in [0, 0.1) is 6.92 Å². The van der Waals surface area contributed by atoms with E-state index in [1.54, 1.807) is 0 Å². The van der Waals surface area contributed by atoms with Gasteiger partial charge < -0.3 is 5.73 Å². The van der Waals surface area contributed by atoms with Crippen LogP contribution in [-0.4, -0.2) is 6.04 Å². The van der Waals surface area contributed by atoms with Gasteiger partial charge in [-0.3, -0.25) is 0 Å².